The smallest absolute Gasteiger partial charge is 0.164 e. The van der Waals surface area contributed by atoms with Crippen LogP contribution >= 0.6 is 0 Å². The van der Waals surface area contributed by atoms with Gasteiger partial charge in [-0.25, -0.2) is 15.0 Å². The van der Waals surface area contributed by atoms with Crippen molar-refractivity contribution < 1.29 is 0 Å². The maximum atomic E-state index is 5.22. The van der Waals surface area contributed by atoms with Gasteiger partial charge in [0.25, 0.3) is 0 Å². The molecule has 3 heteroatoms. The maximum absolute atomic E-state index is 5.22. The van der Waals surface area contributed by atoms with Crippen molar-refractivity contribution >= 4 is 0 Å². The molecule has 0 spiro atoms. The Balaban J connectivity index is 1.14. The van der Waals surface area contributed by atoms with Crippen LogP contribution < -0.4 is 0 Å². The number of hydrogen-bond donors (Lipinski definition) is 0. The van der Waals surface area contributed by atoms with Gasteiger partial charge in [-0.15, -0.1) is 0 Å². The molecule has 0 fully saturated rings. The van der Waals surface area contributed by atoms with Crippen molar-refractivity contribution in [1.82, 2.24) is 15.0 Å². The van der Waals surface area contributed by atoms with Crippen LogP contribution in [0.4, 0.5) is 0 Å². The van der Waals surface area contributed by atoms with Crippen LogP contribution in [0.1, 0.15) is 36.1 Å². The Labute approximate surface area is 311 Å². The molecule has 1 aliphatic rings. The van der Waals surface area contributed by atoms with E-state index in [2.05, 4.69) is 173 Å². The molecule has 53 heavy (non-hydrogen) atoms. The third kappa shape index (κ3) is 5.66. The third-order valence-corrected chi connectivity index (χ3v) is 11.0. The van der Waals surface area contributed by atoms with Crippen LogP contribution in [0.25, 0.3) is 78.7 Å². The van der Waals surface area contributed by atoms with Gasteiger partial charge in [0.1, 0.15) is 0 Å². The van der Waals surface area contributed by atoms with Crippen LogP contribution in [0.5, 0.6) is 0 Å². The number of rotatable bonds is 6. The standard InChI is InChI=1S/C50H39N3/c1-32-39(36-27-25-35(26-28-36)34-15-7-5-8-16-34)20-13-21-40(32)41-22-14-23-42(33(41)2)49-52-47(37-17-9-6-10-18-37)51-48(53-49)38-29-30-44-43-19-11-12-24-45(43)50(3,4)46(44)31-38/h5-31H,1-4H3. The normalized spacial score (nSPS) is 12.7. The second kappa shape index (κ2) is 13.0. The fraction of sp³-hybridized carbons (Fsp3) is 0.100. The molecule has 0 unspecified atom stereocenters. The van der Waals surface area contributed by atoms with Gasteiger partial charge in [-0.05, 0) is 86.7 Å². The Bertz CT molecular complexity index is 2640. The van der Waals surface area contributed by atoms with Crippen molar-refractivity contribution in [2.45, 2.75) is 33.1 Å². The van der Waals surface area contributed by atoms with Gasteiger partial charge in [0.15, 0.2) is 17.5 Å². The lowest BCUT2D eigenvalue weighted by atomic mass is 9.82. The van der Waals surface area contributed by atoms with Gasteiger partial charge >= 0.3 is 0 Å². The fourth-order valence-corrected chi connectivity index (χ4v) is 8.07. The topological polar surface area (TPSA) is 38.7 Å². The average Bonchev–Trinajstić information content (AvgIpc) is 3.44. The van der Waals surface area contributed by atoms with Gasteiger partial charge in [0.05, 0.1) is 0 Å². The second-order valence-electron chi connectivity index (χ2n) is 14.5. The third-order valence-electron chi connectivity index (χ3n) is 11.0. The number of hydrogen-bond acceptors (Lipinski definition) is 3. The highest BCUT2D eigenvalue weighted by molar-refractivity contribution is 5.85. The van der Waals surface area contributed by atoms with Gasteiger partial charge in [-0.2, -0.15) is 0 Å². The minimum absolute atomic E-state index is 0.124. The van der Waals surface area contributed by atoms with Crippen molar-refractivity contribution in [3.05, 3.63) is 186 Å². The summed E-state index contributed by atoms with van der Waals surface area (Å²) in [6.07, 6.45) is 0. The van der Waals surface area contributed by atoms with Crippen LogP contribution in [0.2, 0.25) is 0 Å². The van der Waals surface area contributed by atoms with Crippen LogP contribution in [-0.4, -0.2) is 15.0 Å². The molecule has 0 aliphatic heterocycles. The lowest BCUT2D eigenvalue weighted by molar-refractivity contribution is 0.660. The lowest BCUT2D eigenvalue weighted by Crippen LogP contribution is -2.15. The summed E-state index contributed by atoms with van der Waals surface area (Å²) >= 11 is 0. The zero-order valence-electron chi connectivity index (χ0n) is 30.4. The predicted octanol–water partition coefficient (Wildman–Crippen LogP) is 12.8. The number of fused-ring (bicyclic) bond motifs is 3. The Morgan fingerprint density at radius 2 is 0.774 bits per heavy atom. The highest BCUT2D eigenvalue weighted by atomic mass is 15.0. The first-order chi connectivity index (χ1) is 25.9. The van der Waals surface area contributed by atoms with Crippen LogP contribution in [0.3, 0.4) is 0 Å². The lowest BCUT2D eigenvalue weighted by Gasteiger charge is -2.22. The molecule has 0 radical (unpaired) electrons. The first kappa shape index (κ1) is 32.5. The van der Waals surface area contributed by atoms with E-state index in [0.29, 0.717) is 17.5 Å². The van der Waals surface area contributed by atoms with E-state index in [9.17, 15) is 0 Å². The molecule has 9 rings (SSSR count). The van der Waals surface area contributed by atoms with E-state index in [-0.39, 0.29) is 5.41 Å². The van der Waals surface area contributed by atoms with Crippen molar-refractivity contribution in [2.75, 3.05) is 0 Å². The Hall–Kier alpha value is -6.45. The van der Waals surface area contributed by atoms with Crippen molar-refractivity contribution in [3.8, 4) is 78.7 Å². The quantitative estimate of drug-likeness (QED) is 0.175. The van der Waals surface area contributed by atoms with E-state index in [1.165, 1.54) is 61.2 Å². The van der Waals surface area contributed by atoms with Crippen LogP contribution in [0.15, 0.2) is 164 Å². The molecular weight excluding hydrogens is 643 g/mol. The summed E-state index contributed by atoms with van der Waals surface area (Å²) in [7, 11) is 0. The van der Waals surface area contributed by atoms with Crippen LogP contribution in [0, 0.1) is 13.8 Å². The zero-order chi connectivity index (χ0) is 36.1. The molecule has 3 nitrogen and oxygen atoms in total. The van der Waals surface area contributed by atoms with Gasteiger partial charge in [0, 0.05) is 22.1 Å². The minimum atomic E-state index is -0.124. The van der Waals surface area contributed by atoms with Gasteiger partial charge in [-0.3, -0.25) is 0 Å². The van der Waals surface area contributed by atoms with Crippen molar-refractivity contribution in [2.24, 2.45) is 0 Å². The highest BCUT2D eigenvalue weighted by Crippen LogP contribution is 2.49. The summed E-state index contributed by atoms with van der Waals surface area (Å²) in [5.41, 5.74) is 17.6. The average molecular weight is 682 g/mol. The minimum Gasteiger partial charge on any atom is -0.208 e. The zero-order valence-corrected chi connectivity index (χ0v) is 30.4. The monoisotopic (exact) mass is 681 g/mol. The first-order valence-electron chi connectivity index (χ1n) is 18.3. The van der Waals surface area contributed by atoms with E-state index in [1.807, 2.05) is 18.2 Å². The summed E-state index contributed by atoms with van der Waals surface area (Å²) in [6, 6.07) is 58.1. The Morgan fingerprint density at radius 3 is 1.47 bits per heavy atom. The number of aromatic nitrogens is 3. The summed E-state index contributed by atoms with van der Waals surface area (Å²) in [5.74, 6) is 2.00. The molecule has 0 saturated carbocycles. The molecule has 0 saturated heterocycles. The Morgan fingerprint density at radius 1 is 0.321 bits per heavy atom. The second-order valence-corrected chi connectivity index (χ2v) is 14.5. The number of nitrogens with zero attached hydrogens (tertiary/aromatic N) is 3. The van der Waals surface area contributed by atoms with Crippen LogP contribution in [-0.2, 0) is 5.41 Å². The summed E-state index contributed by atoms with van der Waals surface area (Å²) in [4.78, 5) is 15.4. The highest BCUT2D eigenvalue weighted by Gasteiger charge is 2.35. The van der Waals surface area contributed by atoms with E-state index in [1.54, 1.807) is 0 Å². The molecule has 0 atom stereocenters. The SMILES string of the molecule is Cc1c(-c2ccc(-c3ccccc3)cc2)cccc1-c1cccc(-c2nc(-c3ccccc3)nc(-c3ccc4c(c3)C(C)(C)c3ccccc3-4)n2)c1C. The summed E-state index contributed by atoms with van der Waals surface area (Å²) in [6.45, 7) is 9.03. The Kier molecular flexibility index (Phi) is 7.93. The molecule has 254 valence electrons. The molecule has 7 aromatic carbocycles. The molecule has 0 amide bonds. The van der Waals surface area contributed by atoms with Gasteiger partial charge in [-0.1, -0.05) is 172 Å². The molecular formula is C50H39N3. The molecule has 0 N–H and O–H groups in total. The van der Waals surface area contributed by atoms with Gasteiger partial charge < -0.3 is 0 Å². The molecule has 8 aromatic rings. The van der Waals surface area contributed by atoms with E-state index >= 15 is 0 Å². The molecule has 1 heterocycles. The summed E-state index contributed by atoms with van der Waals surface area (Å²) < 4.78 is 0. The molecule has 0 bridgehead atoms. The fourth-order valence-electron chi connectivity index (χ4n) is 8.07. The molecule has 1 aliphatic carbocycles. The first-order valence-corrected chi connectivity index (χ1v) is 18.3. The summed E-state index contributed by atoms with van der Waals surface area (Å²) in [5, 5.41) is 0. The van der Waals surface area contributed by atoms with Crippen molar-refractivity contribution in [3.63, 3.8) is 0 Å². The van der Waals surface area contributed by atoms with E-state index in [0.717, 1.165) is 22.3 Å². The molecule has 1 aromatic heterocycles. The van der Waals surface area contributed by atoms with Gasteiger partial charge in [0.2, 0.25) is 0 Å². The number of benzene rings is 7. The predicted molar refractivity (Wildman–Crippen MR) is 219 cm³/mol. The maximum Gasteiger partial charge on any atom is 0.164 e. The largest absolute Gasteiger partial charge is 0.208 e. The van der Waals surface area contributed by atoms with E-state index < -0.39 is 0 Å². The van der Waals surface area contributed by atoms with Crippen molar-refractivity contribution in [1.29, 1.82) is 0 Å². The van der Waals surface area contributed by atoms with E-state index in [4.69, 9.17) is 15.0 Å².